The lowest BCUT2D eigenvalue weighted by atomic mass is 10.1. The molecule has 2 N–H and O–H groups in total. The van der Waals surface area contributed by atoms with Gasteiger partial charge >= 0.3 is 0 Å². The molecule has 7 heteroatoms. The molecule has 0 radical (unpaired) electrons. The lowest BCUT2D eigenvalue weighted by molar-refractivity contribution is -0.116. The van der Waals surface area contributed by atoms with Crippen LogP contribution in [-0.4, -0.2) is 49.6 Å². The zero-order valence-electron chi connectivity index (χ0n) is 20.1. The number of nitrogens with zero attached hydrogens (tertiary/aromatic N) is 3. The van der Waals surface area contributed by atoms with E-state index < -0.39 is 6.04 Å². The van der Waals surface area contributed by atoms with Crippen molar-refractivity contribution in [2.75, 3.05) is 48.3 Å². The molecule has 1 atom stereocenters. The topological polar surface area (TPSA) is 71.4 Å². The Labute approximate surface area is 206 Å². The van der Waals surface area contributed by atoms with E-state index in [4.69, 9.17) is 0 Å². The van der Waals surface area contributed by atoms with E-state index >= 15 is 0 Å². The molecule has 2 heterocycles. The average molecular weight is 478 g/mol. The molecule has 2 aliphatic carbocycles. The van der Waals surface area contributed by atoms with Crippen molar-refractivity contribution >= 4 is 33.6 Å². The number of benzene rings is 1. The molecule has 3 aliphatic rings. The quantitative estimate of drug-likeness (QED) is 0.557. The van der Waals surface area contributed by atoms with E-state index in [0.717, 1.165) is 69.0 Å². The number of anilines is 3. The summed E-state index contributed by atoms with van der Waals surface area (Å²) in [5.41, 5.74) is 3.98. The summed E-state index contributed by atoms with van der Waals surface area (Å²) < 4.78 is 0. The summed E-state index contributed by atoms with van der Waals surface area (Å²) in [6.07, 6.45) is 8.27. The maximum atomic E-state index is 13.0. The molecule has 180 valence electrons. The minimum absolute atomic E-state index is 0.105. The van der Waals surface area contributed by atoms with Gasteiger partial charge in [-0.05, 0) is 75.1 Å². The van der Waals surface area contributed by atoms with Crippen LogP contribution in [0.15, 0.2) is 24.3 Å². The van der Waals surface area contributed by atoms with Gasteiger partial charge in [0.05, 0.1) is 5.56 Å². The Bertz CT molecular complexity index is 1060. The number of rotatable bonds is 7. The predicted molar refractivity (Wildman–Crippen MR) is 140 cm³/mol. The van der Waals surface area contributed by atoms with Gasteiger partial charge in [0, 0.05) is 49.0 Å². The van der Waals surface area contributed by atoms with Crippen molar-refractivity contribution in [3.8, 4) is 6.07 Å². The minimum atomic E-state index is -0.404. The molecule has 5 rings (SSSR count). The highest BCUT2D eigenvalue weighted by Gasteiger charge is 2.27. The third-order valence-electron chi connectivity index (χ3n) is 7.34. The molecule has 1 unspecified atom stereocenters. The van der Waals surface area contributed by atoms with Crippen LogP contribution < -0.4 is 15.5 Å². The molecule has 1 amide bonds. The van der Waals surface area contributed by atoms with Gasteiger partial charge in [-0.3, -0.25) is 9.69 Å². The fourth-order valence-electron chi connectivity index (χ4n) is 5.13. The van der Waals surface area contributed by atoms with Crippen LogP contribution in [-0.2, 0) is 17.6 Å². The van der Waals surface area contributed by atoms with Crippen molar-refractivity contribution in [1.29, 1.82) is 5.26 Å². The second kappa shape index (κ2) is 10.4. The minimum Gasteiger partial charge on any atom is -0.374 e. The summed E-state index contributed by atoms with van der Waals surface area (Å²) in [4.78, 5) is 19.3. The van der Waals surface area contributed by atoms with Crippen molar-refractivity contribution in [2.45, 2.75) is 57.9 Å². The first-order chi connectivity index (χ1) is 16.6. The number of hydrogen-bond donors (Lipinski definition) is 2. The van der Waals surface area contributed by atoms with Crippen molar-refractivity contribution in [3.05, 3.63) is 40.3 Å². The van der Waals surface area contributed by atoms with Gasteiger partial charge in [-0.2, -0.15) is 5.26 Å². The lowest BCUT2D eigenvalue weighted by Gasteiger charge is -2.36. The molecular weight excluding hydrogens is 442 g/mol. The molecule has 1 aliphatic heterocycles. The van der Waals surface area contributed by atoms with Crippen LogP contribution in [0.25, 0.3) is 0 Å². The van der Waals surface area contributed by atoms with Gasteiger partial charge in [0.1, 0.15) is 17.1 Å². The molecule has 0 spiro atoms. The molecule has 2 fully saturated rings. The average Bonchev–Trinajstić information content (AvgIpc) is 3.64. The second-order valence-corrected chi connectivity index (χ2v) is 11.1. The van der Waals surface area contributed by atoms with Crippen LogP contribution >= 0.6 is 11.3 Å². The number of hydrogen-bond acceptors (Lipinski definition) is 6. The van der Waals surface area contributed by atoms with Gasteiger partial charge in [0.2, 0.25) is 5.91 Å². The molecule has 1 aromatic carbocycles. The van der Waals surface area contributed by atoms with Crippen LogP contribution in [0, 0.1) is 17.2 Å². The number of carbonyl (C=O) groups is 1. The Hall–Kier alpha value is -2.56. The third kappa shape index (κ3) is 5.39. The summed E-state index contributed by atoms with van der Waals surface area (Å²) in [6.45, 7) is 7.49. The Morgan fingerprint density at radius 1 is 1.18 bits per heavy atom. The van der Waals surface area contributed by atoms with E-state index in [1.807, 2.05) is 13.0 Å². The van der Waals surface area contributed by atoms with Gasteiger partial charge in [0.25, 0.3) is 0 Å². The van der Waals surface area contributed by atoms with Gasteiger partial charge < -0.3 is 15.5 Å². The number of carbonyl (C=O) groups excluding carboxylic acids is 1. The van der Waals surface area contributed by atoms with Gasteiger partial charge in [-0.1, -0.05) is 12.5 Å². The number of aryl methyl sites for hydroxylation is 1. The van der Waals surface area contributed by atoms with E-state index in [0.29, 0.717) is 10.6 Å². The number of thiophene rings is 1. The summed E-state index contributed by atoms with van der Waals surface area (Å²) in [5, 5.41) is 16.9. The van der Waals surface area contributed by atoms with Crippen molar-refractivity contribution in [2.24, 2.45) is 5.92 Å². The number of piperazine rings is 1. The Kier molecular flexibility index (Phi) is 7.07. The molecular formula is C27H35N5OS. The predicted octanol–water partition coefficient (Wildman–Crippen LogP) is 4.86. The third-order valence-corrected chi connectivity index (χ3v) is 8.55. The van der Waals surface area contributed by atoms with E-state index in [9.17, 15) is 10.1 Å². The normalized spacial score (nSPS) is 19.6. The molecule has 34 heavy (non-hydrogen) atoms. The summed E-state index contributed by atoms with van der Waals surface area (Å²) in [5.74, 6) is 0.840. The fourth-order valence-corrected chi connectivity index (χ4v) is 6.37. The number of fused-ring (bicyclic) bond motifs is 1. The Morgan fingerprint density at radius 3 is 2.74 bits per heavy atom. The van der Waals surface area contributed by atoms with Crippen molar-refractivity contribution in [3.63, 3.8) is 0 Å². The maximum Gasteiger partial charge on any atom is 0.247 e. The van der Waals surface area contributed by atoms with Crippen LogP contribution in [0.5, 0.6) is 0 Å². The van der Waals surface area contributed by atoms with E-state index in [1.54, 1.807) is 11.3 Å². The monoisotopic (exact) mass is 477 g/mol. The summed E-state index contributed by atoms with van der Waals surface area (Å²) >= 11 is 1.59. The van der Waals surface area contributed by atoms with Crippen LogP contribution in [0.3, 0.4) is 0 Å². The second-order valence-electron chi connectivity index (χ2n) is 10.0. The zero-order chi connectivity index (χ0) is 23.5. The lowest BCUT2D eigenvalue weighted by Crippen LogP contribution is -2.47. The largest absolute Gasteiger partial charge is 0.374 e. The highest BCUT2D eigenvalue weighted by atomic mass is 32.1. The standard InChI is InChI=1S/C27H35N5OS/c1-19(26(33)30-27-24(17-28)23-8-3-2-4-9-25(23)34-27)29-21-6-5-7-22(16-21)32-14-12-31(13-15-32)18-20-10-11-20/h5-7,16,19-20,29H,2-4,8-15,18H2,1H3,(H,30,33). The molecule has 1 saturated carbocycles. The summed E-state index contributed by atoms with van der Waals surface area (Å²) in [7, 11) is 0. The first kappa shape index (κ1) is 23.2. The smallest absolute Gasteiger partial charge is 0.247 e. The number of nitriles is 1. The fraction of sp³-hybridized carbons (Fsp3) is 0.556. The Morgan fingerprint density at radius 2 is 1.97 bits per heavy atom. The zero-order valence-corrected chi connectivity index (χ0v) is 20.9. The van der Waals surface area contributed by atoms with Crippen LogP contribution in [0.4, 0.5) is 16.4 Å². The maximum absolute atomic E-state index is 13.0. The molecule has 0 bridgehead atoms. The van der Waals surface area contributed by atoms with Crippen LogP contribution in [0.1, 0.15) is 55.0 Å². The Balaban J connectivity index is 1.19. The molecule has 2 aromatic rings. The molecule has 1 aromatic heterocycles. The van der Waals surface area contributed by atoms with E-state index in [1.165, 1.54) is 36.4 Å². The van der Waals surface area contributed by atoms with E-state index in [-0.39, 0.29) is 5.91 Å². The highest BCUT2D eigenvalue weighted by molar-refractivity contribution is 7.16. The number of nitrogens with one attached hydrogen (secondary N) is 2. The highest BCUT2D eigenvalue weighted by Crippen LogP contribution is 2.37. The van der Waals surface area contributed by atoms with E-state index in [2.05, 4.69) is 44.7 Å². The van der Waals surface area contributed by atoms with Gasteiger partial charge in [-0.25, -0.2) is 0 Å². The van der Waals surface area contributed by atoms with Crippen molar-refractivity contribution in [1.82, 2.24) is 4.90 Å². The first-order valence-corrected chi connectivity index (χ1v) is 13.6. The SMILES string of the molecule is CC(Nc1cccc(N2CCN(CC3CC3)CC2)c1)C(=O)Nc1sc2c(c1C#N)CCCCC2. The molecule has 1 saturated heterocycles. The number of amides is 1. The van der Waals surface area contributed by atoms with Crippen LogP contribution in [0.2, 0.25) is 0 Å². The van der Waals surface area contributed by atoms with Gasteiger partial charge in [-0.15, -0.1) is 11.3 Å². The van der Waals surface area contributed by atoms with Gasteiger partial charge in [0.15, 0.2) is 0 Å². The van der Waals surface area contributed by atoms with Crippen molar-refractivity contribution < 1.29 is 4.79 Å². The molecule has 6 nitrogen and oxygen atoms in total. The summed E-state index contributed by atoms with van der Waals surface area (Å²) in [6, 6.07) is 10.3. The first-order valence-electron chi connectivity index (χ1n) is 12.8.